The molecular formula is C31H34BClN2O4. The average Bonchev–Trinajstić information content (AvgIpc) is 3.32. The van der Waals surface area contributed by atoms with Crippen LogP contribution >= 0.6 is 11.6 Å². The molecule has 1 saturated heterocycles. The molecule has 0 atom stereocenters. The number of nitrogens with two attached hydrogens (primary N) is 1. The Kier molecular flexibility index (Phi) is 7.27. The van der Waals surface area contributed by atoms with Crippen molar-refractivity contribution in [2.45, 2.75) is 51.7 Å². The number of benzene rings is 3. The van der Waals surface area contributed by atoms with Crippen molar-refractivity contribution in [3.05, 3.63) is 93.4 Å². The molecule has 1 aliphatic carbocycles. The Morgan fingerprint density at radius 3 is 2.18 bits per heavy atom. The first kappa shape index (κ1) is 27.3. The summed E-state index contributed by atoms with van der Waals surface area (Å²) in [7, 11) is -0.669. The fourth-order valence-corrected chi connectivity index (χ4v) is 5.28. The van der Waals surface area contributed by atoms with E-state index in [1.807, 2.05) is 71.0 Å². The van der Waals surface area contributed by atoms with E-state index < -0.39 is 24.4 Å². The Bertz CT molecular complexity index is 1390. The van der Waals surface area contributed by atoms with Crippen molar-refractivity contribution in [1.82, 2.24) is 5.32 Å². The van der Waals surface area contributed by atoms with Gasteiger partial charge in [-0.25, -0.2) is 4.79 Å². The molecule has 2 aliphatic rings. The Morgan fingerprint density at radius 2 is 1.59 bits per heavy atom. The van der Waals surface area contributed by atoms with Gasteiger partial charge in [-0.05, 0) is 85.6 Å². The van der Waals surface area contributed by atoms with Crippen LogP contribution < -0.4 is 11.1 Å². The lowest BCUT2D eigenvalue weighted by atomic mass is 9.77. The molecule has 0 saturated carbocycles. The van der Waals surface area contributed by atoms with E-state index in [2.05, 4.69) is 29.6 Å². The summed E-state index contributed by atoms with van der Waals surface area (Å²) in [5.74, 6) is -0.0159. The summed E-state index contributed by atoms with van der Waals surface area (Å²) in [6.07, 6.45) is 1.37. The summed E-state index contributed by atoms with van der Waals surface area (Å²) in [5, 5.41) is 3.40. The molecule has 3 aromatic carbocycles. The van der Waals surface area contributed by atoms with Gasteiger partial charge in [0, 0.05) is 23.2 Å². The minimum absolute atomic E-state index is 0.0159. The number of alkyl carbamates (subject to hydrolysis) is 1. The van der Waals surface area contributed by atoms with Crippen molar-refractivity contribution < 1.29 is 18.8 Å². The summed E-state index contributed by atoms with van der Waals surface area (Å²) in [6, 6.07) is 20.2. The summed E-state index contributed by atoms with van der Waals surface area (Å²) >= 11 is 6.51. The molecule has 1 fully saturated rings. The maximum atomic E-state index is 12.9. The van der Waals surface area contributed by atoms with Gasteiger partial charge in [0.15, 0.2) is 0 Å². The van der Waals surface area contributed by atoms with Crippen LogP contribution in [0.1, 0.15) is 55.9 Å². The highest BCUT2D eigenvalue weighted by Gasteiger charge is 2.52. The van der Waals surface area contributed by atoms with Gasteiger partial charge < -0.3 is 25.1 Å². The number of hydrogen-bond donors (Lipinski definition) is 2. The van der Waals surface area contributed by atoms with Crippen molar-refractivity contribution in [2.75, 3.05) is 18.9 Å². The van der Waals surface area contributed by atoms with E-state index in [0.29, 0.717) is 16.2 Å². The molecule has 1 amide bonds. The molecule has 0 spiro atoms. The highest BCUT2D eigenvalue weighted by atomic mass is 35.5. The number of hydrogen-bond acceptors (Lipinski definition) is 5. The molecule has 202 valence electrons. The SMILES string of the molecule is Cc1cc(C=C(CNC(=O)OCC2c3ccccc3-c3ccccc32)B2OC(C)(C)C(C)(C)O2)c(Cl)cc1N. The van der Waals surface area contributed by atoms with Crippen molar-refractivity contribution in [2.24, 2.45) is 0 Å². The van der Waals surface area contributed by atoms with Crippen LogP contribution in [-0.4, -0.2) is 37.6 Å². The van der Waals surface area contributed by atoms with Crippen LogP contribution in [-0.2, 0) is 14.0 Å². The van der Waals surface area contributed by atoms with Gasteiger partial charge >= 0.3 is 13.2 Å². The molecule has 8 heteroatoms. The topological polar surface area (TPSA) is 82.8 Å². The van der Waals surface area contributed by atoms with E-state index in [1.165, 1.54) is 11.1 Å². The Labute approximate surface area is 235 Å². The molecule has 0 bridgehead atoms. The number of anilines is 1. The second kappa shape index (κ2) is 10.4. The zero-order chi connectivity index (χ0) is 27.9. The third-order valence-electron chi connectivity index (χ3n) is 8.06. The maximum Gasteiger partial charge on any atom is 0.492 e. The smallest absolute Gasteiger partial charge is 0.449 e. The first-order valence-electron chi connectivity index (χ1n) is 13.2. The van der Waals surface area contributed by atoms with Crippen LogP contribution in [0.3, 0.4) is 0 Å². The number of amides is 1. The highest BCUT2D eigenvalue weighted by molar-refractivity contribution is 6.56. The van der Waals surface area contributed by atoms with Crippen LogP contribution in [0.4, 0.5) is 10.5 Å². The van der Waals surface area contributed by atoms with E-state index in [1.54, 1.807) is 6.07 Å². The largest absolute Gasteiger partial charge is 0.492 e. The molecule has 6 nitrogen and oxygen atoms in total. The normalized spacial score (nSPS) is 17.6. The second-order valence-corrected chi connectivity index (χ2v) is 11.6. The van der Waals surface area contributed by atoms with Gasteiger partial charge in [0.05, 0.1) is 11.2 Å². The molecule has 5 rings (SSSR count). The lowest BCUT2D eigenvalue weighted by Gasteiger charge is -2.32. The van der Waals surface area contributed by atoms with Crippen LogP contribution in [0.15, 0.2) is 66.1 Å². The van der Waals surface area contributed by atoms with Crippen molar-refractivity contribution in [1.29, 1.82) is 0 Å². The first-order chi connectivity index (χ1) is 18.5. The maximum absolute atomic E-state index is 12.9. The summed E-state index contributed by atoms with van der Waals surface area (Å²) in [4.78, 5) is 12.9. The van der Waals surface area contributed by atoms with Crippen LogP contribution in [0.2, 0.25) is 5.02 Å². The van der Waals surface area contributed by atoms with E-state index in [4.69, 9.17) is 31.4 Å². The molecule has 1 aliphatic heterocycles. The number of carbonyl (C=O) groups is 1. The predicted octanol–water partition coefficient (Wildman–Crippen LogP) is 6.78. The lowest BCUT2D eigenvalue weighted by molar-refractivity contribution is 0.00578. The first-order valence-corrected chi connectivity index (χ1v) is 13.6. The van der Waals surface area contributed by atoms with Crippen LogP contribution in [0.25, 0.3) is 17.2 Å². The molecule has 3 N–H and O–H groups in total. The molecule has 0 radical (unpaired) electrons. The number of ether oxygens (including phenoxy) is 1. The van der Waals surface area contributed by atoms with Crippen molar-refractivity contribution >= 4 is 36.6 Å². The van der Waals surface area contributed by atoms with Gasteiger partial charge in [-0.1, -0.05) is 66.2 Å². The van der Waals surface area contributed by atoms with E-state index in [0.717, 1.165) is 22.3 Å². The van der Waals surface area contributed by atoms with E-state index in [9.17, 15) is 4.79 Å². The molecule has 1 heterocycles. The summed E-state index contributed by atoms with van der Waals surface area (Å²) < 4.78 is 18.3. The standard InChI is InChI=1S/C31H34BClN2O4/c1-19-14-20(27(33)16-28(19)34)15-21(32-38-30(2,3)31(4,5)39-32)17-35-29(36)37-18-26-24-12-8-6-10-22(24)23-11-7-9-13-25(23)26/h6-16,26H,17-18,34H2,1-5H3,(H,35,36). The average molecular weight is 545 g/mol. The quantitative estimate of drug-likeness (QED) is 0.264. The monoisotopic (exact) mass is 544 g/mol. The van der Waals surface area contributed by atoms with Crippen LogP contribution in [0, 0.1) is 6.92 Å². The number of carbonyl (C=O) groups excluding carboxylic acids is 1. The van der Waals surface area contributed by atoms with Crippen molar-refractivity contribution in [3.8, 4) is 11.1 Å². The third kappa shape index (κ3) is 5.31. The molecular weight excluding hydrogens is 511 g/mol. The summed E-state index contributed by atoms with van der Waals surface area (Å²) in [6.45, 7) is 10.3. The zero-order valence-corrected chi connectivity index (χ0v) is 23.8. The highest BCUT2D eigenvalue weighted by Crippen LogP contribution is 2.44. The molecule has 0 unspecified atom stereocenters. The van der Waals surface area contributed by atoms with Crippen molar-refractivity contribution in [3.63, 3.8) is 0 Å². The fourth-order valence-electron chi connectivity index (χ4n) is 5.05. The van der Waals surface area contributed by atoms with Gasteiger partial charge in [-0.3, -0.25) is 0 Å². The van der Waals surface area contributed by atoms with Gasteiger partial charge in [0.2, 0.25) is 0 Å². The summed E-state index contributed by atoms with van der Waals surface area (Å²) in [5.41, 5.74) is 12.6. The minimum Gasteiger partial charge on any atom is -0.449 e. The number of nitrogen functional groups attached to an aromatic ring is 1. The van der Waals surface area contributed by atoms with Gasteiger partial charge in [0.1, 0.15) is 6.61 Å². The lowest BCUT2D eigenvalue weighted by Crippen LogP contribution is -2.41. The minimum atomic E-state index is -0.669. The van der Waals surface area contributed by atoms with Gasteiger partial charge in [-0.15, -0.1) is 0 Å². The van der Waals surface area contributed by atoms with E-state index in [-0.39, 0.29) is 19.1 Å². The predicted molar refractivity (Wildman–Crippen MR) is 158 cm³/mol. The molecule has 0 aromatic heterocycles. The number of aryl methyl sites for hydroxylation is 1. The van der Waals surface area contributed by atoms with Crippen LogP contribution in [0.5, 0.6) is 0 Å². The number of fused-ring (bicyclic) bond motifs is 3. The second-order valence-electron chi connectivity index (χ2n) is 11.2. The zero-order valence-electron chi connectivity index (χ0n) is 23.0. The third-order valence-corrected chi connectivity index (χ3v) is 8.39. The number of nitrogens with one attached hydrogen (secondary N) is 1. The Hall–Kier alpha value is -3.26. The molecule has 3 aromatic rings. The van der Waals surface area contributed by atoms with Gasteiger partial charge in [-0.2, -0.15) is 0 Å². The van der Waals surface area contributed by atoms with Gasteiger partial charge in [0.25, 0.3) is 0 Å². The Balaban J connectivity index is 1.33. The van der Waals surface area contributed by atoms with E-state index >= 15 is 0 Å². The fraction of sp³-hybridized carbons (Fsp3) is 0.323. The number of halogens is 1. The number of rotatable bonds is 6. The molecule has 39 heavy (non-hydrogen) atoms. The Morgan fingerprint density at radius 1 is 1.03 bits per heavy atom.